The lowest BCUT2D eigenvalue weighted by atomic mass is 10.1. The maximum atomic E-state index is 12.9. The molecule has 1 amide bonds. The van der Waals surface area contributed by atoms with Crippen molar-refractivity contribution in [1.29, 1.82) is 0 Å². The summed E-state index contributed by atoms with van der Waals surface area (Å²) in [5, 5.41) is 7.13. The first-order chi connectivity index (χ1) is 17.3. The van der Waals surface area contributed by atoms with Gasteiger partial charge >= 0.3 is 6.18 Å². The van der Waals surface area contributed by atoms with Crippen LogP contribution in [0.15, 0.2) is 35.5 Å². The molecule has 190 valence electrons. The third-order valence-corrected chi connectivity index (χ3v) is 6.25. The maximum absolute atomic E-state index is 12.9. The number of ether oxygens (including phenoxy) is 1. The van der Waals surface area contributed by atoms with Crippen LogP contribution in [0.5, 0.6) is 0 Å². The number of H-pyrrole nitrogens is 1. The van der Waals surface area contributed by atoms with E-state index >= 15 is 0 Å². The number of aromatic nitrogens is 5. The van der Waals surface area contributed by atoms with Crippen molar-refractivity contribution in [3.63, 3.8) is 0 Å². The number of nitrogens with zero attached hydrogens (tertiary/aromatic N) is 7. The normalized spacial score (nSPS) is 19.1. The van der Waals surface area contributed by atoms with Gasteiger partial charge in [0.2, 0.25) is 11.9 Å². The van der Waals surface area contributed by atoms with Gasteiger partial charge in [-0.2, -0.15) is 18.3 Å². The third-order valence-electron chi connectivity index (χ3n) is 6.25. The molecular formula is C22H23F3N8O3. The molecule has 2 aliphatic heterocycles. The van der Waals surface area contributed by atoms with Gasteiger partial charge in [-0.25, -0.2) is 15.1 Å². The van der Waals surface area contributed by atoms with Crippen LogP contribution in [0, 0.1) is 0 Å². The van der Waals surface area contributed by atoms with E-state index in [2.05, 4.69) is 25.1 Å². The number of hydrogen-bond acceptors (Lipinski definition) is 9. The molecule has 3 aromatic rings. The average Bonchev–Trinajstić information content (AvgIpc) is 2.89. The number of halogens is 3. The van der Waals surface area contributed by atoms with Crippen LogP contribution in [0.3, 0.4) is 0 Å². The van der Waals surface area contributed by atoms with E-state index < -0.39 is 11.7 Å². The van der Waals surface area contributed by atoms with Crippen LogP contribution in [0.25, 0.3) is 10.9 Å². The van der Waals surface area contributed by atoms with Gasteiger partial charge in [-0.05, 0) is 12.1 Å². The van der Waals surface area contributed by atoms with Gasteiger partial charge in [0.25, 0.3) is 5.56 Å². The Morgan fingerprint density at radius 3 is 2.56 bits per heavy atom. The van der Waals surface area contributed by atoms with E-state index in [-0.39, 0.29) is 29.9 Å². The summed E-state index contributed by atoms with van der Waals surface area (Å²) in [6, 6.07) is 3.37. The predicted molar refractivity (Wildman–Crippen MR) is 123 cm³/mol. The second-order valence-corrected chi connectivity index (χ2v) is 8.56. The van der Waals surface area contributed by atoms with Crippen molar-refractivity contribution in [3.05, 3.63) is 46.6 Å². The Hall–Kier alpha value is -3.81. The summed E-state index contributed by atoms with van der Waals surface area (Å²) in [4.78, 5) is 42.4. The number of hydrogen-bond donors (Lipinski definition) is 1. The summed E-state index contributed by atoms with van der Waals surface area (Å²) in [6.07, 6.45) is -1.55. The molecule has 5 rings (SSSR count). The summed E-state index contributed by atoms with van der Waals surface area (Å²) < 4.78 is 44.0. The Morgan fingerprint density at radius 2 is 1.83 bits per heavy atom. The molecule has 11 nitrogen and oxygen atoms in total. The van der Waals surface area contributed by atoms with E-state index in [0.29, 0.717) is 62.6 Å². The summed E-state index contributed by atoms with van der Waals surface area (Å²) >= 11 is 0. The molecule has 2 saturated heterocycles. The highest BCUT2D eigenvalue weighted by atomic mass is 19.4. The number of carbonyl (C=O) groups is 1. The Balaban J connectivity index is 1.18. The Morgan fingerprint density at radius 1 is 1.08 bits per heavy atom. The zero-order chi connectivity index (χ0) is 25.3. The van der Waals surface area contributed by atoms with Gasteiger partial charge in [-0.1, -0.05) is 0 Å². The van der Waals surface area contributed by atoms with E-state index in [9.17, 15) is 22.8 Å². The molecule has 0 bridgehead atoms. The number of carbonyl (C=O) groups excluding carboxylic acids is 1. The molecule has 0 saturated carbocycles. The quantitative estimate of drug-likeness (QED) is 0.556. The van der Waals surface area contributed by atoms with Crippen LogP contribution in [-0.2, 0) is 15.7 Å². The molecule has 0 aromatic carbocycles. The van der Waals surface area contributed by atoms with Crippen LogP contribution in [0.2, 0.25) is 0 Å². The van der Waals surface area contributed by atoms with Crippen LogP contribution < -0.4 is 15.4 Å². The van der Waals surface area contributed by atoms with Gasteiger partial charge in [-0.15, -0.1) is 0 Å². The second-order valence-electron chi connectivity index (χ2n) is 8.56. The molecule has 14 heteroatoms. The largest absolute Gasteiger partial charge is 0.419 e. The predicted octanol–water partition coefficient (Wildman–Crippen LogP) is 1.07. The number of nitrogens with one attached hydrogen (secondary N) is 1. The Kier molecular flexibility index (Phi) is 6.43. The van der Waals surface area contributed by atoms with Crippen molar-refractivity contribution < 1.29 is 22.7 Å². The first kappa shape index (κ1) is 23.9. The molecule has 0 aliphatic carbocycles. The minimum Gasteiger partial charge on any atom is -0.374 e. The van der Waals surface area contributed by atoms with Crippen molar-refractivity contribution >= 4 is 28.6 Å². The Bertz CT molecular complexity index is 1290. The summed E-state index contributed by atoms with van der Waals surface area (Å²) in [5.41, 5.74) is -0.722. The van der Waals surface area contributed by atoms with Gasteiger partial charge < -0.3 is 19.4 Å². The fourth-order valence-electron chi connectivity index (χ4n) is 4.35. The molecule has 1 N–H and O–H groups in total. The fourth-order valence-corrected chi connectivity index (χ4v) is 4.35. The number of amides is 1. The number of aromatic amines is 1. The molecule has 3 aromatic heterocycles. The molecule has 1 atom stereocenters. The number of pyridine rings is 1. The first-order valence-corrected chi connectivity index (χ1v) is 11.4. The second kappa shape index (κ2) is 9.68. The molecule has 2 fully saturated rings. The number of morpholine rings is 1. The number of piperazine rings is 1. The zero-order valence-electron chi connectivity index (χ0n) is 19.1. The van der Waals surface area contributed by atoms with Crippen molar-refractivity contribution in [2.45, 2.75) is 18.7 Å². The number of alkyl halides is 3. The molecule has 0 spiro atoms. The van der Waals surface area contributed by atoms with E-state index in [1.54, 1.807) is 28.1 Å². The van der Waals surface area contributed by atoms with E-state index in [0.717, 1.165) is 12.4 Å². The van der Waals surface area contributed by atoms with Crippen LogP contribution in [-0.4, -0.2) is 87.9 Å². The molecule has 2 aliphatic rings. The Labute approximate surface area is 202 Å². The van der Waals surface area contributed by atoms with Crippen molar-refractivity contribution in [2.24, 2.45) is 0 Å². The van der Waals surface area contributed by atoms with Crippen molar-refractivity contribution in [1.82, 2.24) is 30.0 Å². The van der Waals surface area contributed by atoms with E-state index in [1.807, 2.05) is 4.90 Å². The molecular weight excluding hydrogens is 481 g/mol. The molecule has 36 heavy (non-hydrogen) atoms. The van der Waals surface area contributed by atoms with Crippen LogP contribution in [0.1, 0.15) is 12.0 Å². The van der Waals surface area contributed by atoms with E-state index in [4.69, 9.17) is 4.74 Å². The lowest BCUT2D eigenvalue weighted by molar-refractivity contribution is -0.138. The average molecular weight is 504 g/mol. The van der Waals surface area contributed by atoms with Gasteiger partial charge in [0, 0.05) is 57.9 Å². The highest BCUT2D eigenvalue weighted by molar-refractivity contribution is 5.87. The molecule has 1 unspecified atom stereocenters. The number of rotatable bonds is 4. The van der Waals surface area contributed by atoms with Crippen LogP contribution in [0.4, 0.5) is 24.9 Å². The van der Waals surface area contributed by atoms with Crippen LogP contribution >= 0.6 is 0 Å². The highest BCUT2D eigenvalue weighted by Crippen LogP contribution is 2.28. The van der Waals surface area contributed by atoms with Crippen molar-refractivity contribution in [3.8, 4) is 0 Å². The zero-order valence-corrected chi connectivity index (χ0v) is 19.1. The van der Waals surface area contributed by atoms with E-state index in [1.165, 1.54) is 0 Å². The molecule has 0 radical (unpaired) electrons. The lowest BCUT2D eigenvalue weighted by Crippen LogP contribution is -2.51. The van der Waals surface area contributed by atoms with Gasteiger partial charge in [-0.3, -0.25) is 14.6 Å². The summed E-state index contributed by atoms with van der Waals surface area (Å²) in [5.74, 6) is 0.666. The SMILES string of the molecule is O=C(CC1CN(c2n[nH]c(=O)c3cccnc23)CCO1)N1CCN(c2ncc(C(F)(F)F)cn2)CC1. The smallest absolute Gasteiger partial charge is 0.374 e. The maximum Gasteiger partial charge on any atom is 0.419 e. The monoisotopic (exact) mass is 504 g/mol. The third kappa shape index (κ3) is 4.94. The van der Waals surface area contributed by atoms with Gasteiger partial charge in [0.1, 0.15) is 5.52 Å². The topological polar surface area (TPSA) is 120 Å². The fraction of sp³-hybridized carbons (Fsp3) is 0.455. The highest BCUT2D eigenvalue weighted by Gasteiger charge is 2.32. The minimum atomic E-state index is -4.49. The van der Waals surface area contributed by atoms with Gasteiger partial charge in [0.05, 0.1) is 30.1 Å². The van der Waals surface area contributed by atoms with Gasteiger partial charge in [0.15, 0.2) is 5.82 Å². The summed E-state index contributed by atoms with van der Waals surface area (Å²) in [7, 11) is 0. The van der Waals surface area contributed by atoms with Crippen molar-refractivity contribution in [2.75, 3.05) is 55.7 Å². The lowest BCUT2D eigenvalue weighted by Gasteiger charge is -2.37. The number of anilines is 2. The minimum absolute atomic E-state index is 0.0766. The molecule has 5 heterocycles. The summed E-state index contributed by atoms with van der Waals surface area (Å²) in [6.45, 7) is 2.97. The number of fused-ring (bicyclic) bond motifs is 1. The standard InChI is InChI=1S/C22H23F3N8O3/c23-22(24,25)14-11-27-21(28-12-14)32-6-4-31(5-7-32)17(34)10-15-13-33(8-9-36-15)19-18-16(2-1-3-26-18)20(35)30-29-19/h1-3,11-12,15H,4-10,13H2,(H,30,35). The first-order valence-electron chi connectivity index (χ1n) is 11.4.